The van der Waals surface area contributed by atoms with Crippen molar-refractivity contribution in [2.24, 2.45) is 0 Å². The van der Waals surface area contributed by atoms with Gasteiger partial charge >= 0.3 is 6.18 Å². The van der Waals surface area contributed by atoms with Gasteiger partial charge in [-0.1, -0.05) is 18.2 Å². The first-order valence-electron chi connectivity index (χ1n) is 7.07. The Balaban J connectivity index is 2.38. The molecular weight excluding hydrogens is 340 g/mol. The smallest absolute Gasteiger partial charge is 0.423 e. The predicted octanol–water partition coefficient (Wildman–Crippen LogP) is 4.76. The van der Waals surface area contributed by atoms with Gasteiger partial charge in [0.15, 0.2) is 5.78 Å². The lowest BCUT2D eigenvalue weighted by Crippen LogP contribution is -2.11. The molecule has 0 unspecified atom stereocenters. The number of ketones is 1. The fourth-order valence-electron chi connectivity index (χ4n) is 2.18. The molecule has 0 bridgehead atoms. The van der Waals surface area contributed by atoms with Crippen molar-refractivity contribution in [1.82, 2.24) is 0 Å². The van der Waals surface area contributed by atoms with Crippen LogP contribution in [0.25, 0.3) is 6.08 Å². The number of hydrogen-bond donors (Lipinski definition) is 0. The zero-order chi connectivity index (χ0) is 18.6. The summed E-state index contributed by atoms with van der Waals surface area (Å²) in [5, 5.41) is 0. The van der Waals surface area contributed by atoms with Crippen molar-refractivity contribution in [2.45, 2.75) is 6.18 Å². The highest BCUT2D eigenvalue weighted by Crippen LogP contribution is 2.43. The molecule has 0 saturated heterocycles. The normalized spacial score (nSPS) is 11.6. The van der Waals surface area contributed by atoms with Gasteiger partial charge in [0.1, 0.15) is 22.9 Å². The Labute approximate surface area is 141 Å². The molecule has 0 aromatic heterocycles. The minimum absolute atomic E-state index is 0.0277. The van der Waals surface area contributed by atoms with E-state index < -0.39 is 34.8 Å². The summed E-state index contributed by atoms with van der Waals surface area (Å²) in [5.74, 6) is -1.98. The van der Waals surface area contributed by atoms with Gasteiger partial charge < -0.3 is 9.47 Å². The van der Waals surface area contributed by atoms with E-state index in [1.807, 2.05) is 0 Å². The molecule has 0 heterocycles. The molecular formula is C18H14F4O3. The Morgan fingerprint density at radius 1 is 1.00 bits per heavy atom. The van der Waals surface area contributed by atoms with Crippen LogP contribution in [0.3, 0.4) is 0 Å². The molecule has 3 nitrogen and oxygen atoms in total. The van der Waals surface area contributed by atoms with Gasteiger partial charge in [-0.3, -0.25) is 4.79 Å². The summed E-state index contributed by atoms with van der Waals surface area (Å²) in [7, 11) is 2.15. The minimum Gasteiger partial charge on any atom is -0.496 e. The molecule has 0 spiro atoms. The Kier molecular flexibility index (Phi) is 5.46. The second kappa shape index (κ2) is 7.38. The maximum atomic E-state index is 13.1. The van der Waals surface area contributed by atoms with Crippen LogP contribution in [-0.2, 0) is 6.18 Å². The van der Waals surface area contributed by atoms with Crippen molar-refractivity contribution < 1.29 is 31.8 Å². The van der Waals surface area contributed by atoms with Crippen LogP contribution >= 0.6 is 0 Å². The van der Waals surface area contributed by atoms with Crippen LogP contribution in [-0.4, -0.2) is 20.0 Å². The van der Waals surface area contributed by atoms with E-state index in [2.05, 4.69) is 0 Å². The number of halogens is 4. The van der Waals surface area contributed by atoms with E-state index in [1.54, 1.807) is 0 Å². The molecule has 0 aliphatic carbocycles. The third-order valence-corrected chi connectivity index (χ3v) is 3.37. The minimum atomic E-state index is -4.69. The molecule has 0 saturated carbocycles. The van der Waals surface area contributed by atoms with Crippen molar-refractivity contribution in [3.63, 3.8) is 0 Å². The van der Waals surface area contributed by atoms with E-state index in [4.69, 9.17) is 9.47 Å². The molecule has 132 valence electrons. The lowest BCUT2D eigenvalue weighted by Gasteiger charge is -2.16. The second-order valence-electron chi connectivity index (χ2n) is 5.00. The summed E-state index contributed by atoms with van der Waals surface area (Å²) in [6.07, 6.45) is -2.09. The summed E-state index contributed by atoms with van der Waals surface area (Å²) in [4.78, 5) is 12.2. The number of hydrogen-bond acceptors (Lipinski definition) is 3. The van der Waals surface area contributed by atoms with Gasteiger partial charge in [-0.2, -0.15) is 13.2 Å². The molecule has 7 heteroatoms. The number of carbonyl (C=O) groups is 1. The van der Waals surface area contributed by atoms with Gasteiger partial charge in [-0.25, -0.2) is 4.39 Å². The van der Waals surface area contributed by atoms with Crippen molar-refractivity contribution in [3.05, 3.63) is 65.0 Å². The zero-order valence-corrected chi connectivity index (χ0v) is 13.4. The number of alkyl halides is 3. The average molecular weight is 354 g/mol. The largest absolute Gasteiger partial charge is 0.496 e. The molecule has 2 aromatic rings. The van der Waals surface area contributed by atoms with E-state index in [0.717, 1.165) is 26.4 Å². The summed E-state index contributed by atoms with van der Waals surface area (Å²) < 4.78 is 61.8. The molecule has 0 fully saturated rings. The Hall–Kier alpha value is -2.83. The molecule has 0 N–H and O–H groups in total. The summed E-state index contributed by atoms with van der Waals surface area (Å²) in [6, 6.07) is 7.40. The monoisotopic (exact) mass is 354 g/mol. The van der Waals surface area contributed by atoms with Crippen molar-refractivity contribution in [2.75, 3.05) is 14.2 Å². The Morgan fingerprint density at radius 2 is 1.52 bits per heavy atom. The summed E-state index contributed by atoms with van der Waals surface area (Å²) >= 11 is 0. The maximum Gasteiger partial charge on any atom is 0.423 e. The number of allylic oxidation sites excluding steroid dienone is 1. The van der Waals surface area contributed by atoms with Crippen molar-refractivity contribution >= 4 is 11.9 Å². The molecule has 25 heavy (non-hydrogen) atoms. The number of rotatable bonds is 5. The van der Waals surface area contributed by atoms with Gasteiger partial charge in [-0.15, -0.1) is 0 Å². The van der Waals surface area contributed by atoms with Gasteiger partial charge in [0.25, 0.3) is 0 Å². The van der Waals surface area contributed by atoms with Crippen LogP contribution in [0.15, 0.2) is 42.5 Å². The lowest BCUT2D eigenvalue weighted by atomic mass is 10.0. The highest BCUT2D eigenvalue weighted by atomic mass is 19.4. The third kappa shape index (κ3) is 4.37. The van der Waals surface area contributed by atoms with Crippen LogP contribution < -0.4 is 9.47 Å². The molecule has 0 radical (unpaired) electrons. The van der Waals surface area contributed by atoms with Crippen LogP contribution in [0.4, 0.5) is 17.6 Å². The second-order valence-corrected chi connectivity index (χ2v) is 5.00. The zero-order valence-electron chi connectivity index (χ0n) is 13.4. The summed E-state index contributed by atoms with van der Waals surface area (Å²) in [5.41, 5.74) is -0.544. The fourth-order valence-corrected chi connectivity index (χ4v) is 2.18. The van der Waals surface area contributed by atoms with Crippen molar-refractivity contribution in [3.8, 4) is 11.5 Å². The summed E-state index contributed by atoms with van der Waals surface area (Å²) in [6.45, 7) is 0. The molecule has 0 atom stereocenters. The quantitative estimate of drug-likeness (QED) is 0.441. The molecule has 0 aliphatic rings. The van der Waals surface area contributed by atoms with E-state index >= 15 is 0 Å². The topological polar surface area (TPSA) is 35.5 Å². The van der Waals surface area contributed by atoms with Crippen LogP contribution in [0.5, 0.6) is 11.5 Å². The van der Waals surface area contributed by atoms with E-state index in [1.165, 1.54) is 36.4 Å². The maximum absolute atomic E-state index is 13.1. The molecule has 2 rings (SSSR count). The SMILES string of the molecule is COc1cc(C(=O)/C=C/c2ccc(F)cc2)cc(OC)c1C(F)(F)F. The standard InChI is InChI=1S/C18H14F4O3/c1-24-15-9-12(10-16(25-2)17(15)18(20,21)22)14(23)8-5-11-3-6-13(19)7-4-11/h3-10H,1-2H3/b8-5+. The number of methoxy groups -OCH3 is 2. The first-order chi connectivity index (χ1) is 11.8. The van der Waals surface area contributed by atoms with Crippen LogP contribution in [0, 0.1) is 5.82 Å². The van der Waals surface area contributed by atoms with Crippen molar-refractivity contribution in [1.29, 1.82) is 0 Å². The molecule has 2 aromatic carbocycles. The first kappa shape index (κ1) is 18.5. The lowest BCUT2D eigenvalue weighted by molar-refractivity contribution is -0.139. The Morgan fingerprint density at radius 3 is 1.96 bits per heavy atom. The van der Waals surface area contributed by atoms with E-state index in [0.29, 0.717) is 5.56 Å². The molecule has 0 aliphatic heterocycles. The average Bonchev–Trinajstić information content (AvgIpc) is 2.58. The highest BCUT2D eigenvalue weighted by Gasteiger charge is 2.38. The predicted molar refractivity (Wildman–Crippen MR) is 84.3 cm³/mol. The van der Waals surface area contributed by atoms with Gasteiger partial charge in [0, 0.05) is 5.56 Å². The van der Waals surface area contributed by atoms with Gasteiger partial charge in [-0.05, 0) is 35.9 Å². The first-order valence-corrected chi connectivity index (χ1v) is 7.07. The number of carbonyl (C=O) groups excluding carboxylic acids is 1. The number of benzene rings is 2. The third-order valence-electron chi connectivity index (χ3n) is 3.37. The highest BCUT2D eigenvalue weighted by molar-refractivity contribution is 6.07. The van der Waals surface area contributed by atoms with E-state index in [9.17, 15) is 22.4 Å². The molecule has 0 amide bonds. The van der Waals surface area contributed by atoms with Crippen LogP contribution in [0.1, 0.15) is 21.5 Å². The number of ether oxygens (including phenoxy) is 2. The fraction of sp³-hybridized carbons (Fsp3) is 0.167. The Bertz CT molecular complexity index is 768. The van der Waals surface area contributed by atoms with Gasteiger partial charge in [0.2, 0.25) is 0 Å². The van der Waals surface area contributed by atoms with E-state index in [-0.39, 0.29) is 5.56 Å². The van der Waals surface area contributed by atoms with Crippen LogP contribution in [0.2, 0.25) is 0 Å². The van der Waals surface area contributed by atoms with Gasteiger partial charge in [0.05, 0.1) is 14.2 Å².